The lowest BCUT2D eigenvalue weighted by molar-refractivity contribution is -0.120. The van der Waals surface area contributed by atoms with Crippen molar-refractivity contribution >= 4 is 21.6 Å². The predicted octanol–water partition coefficient (Wildman–Crippen LogP) is 2.52. The number of nitrogens with zero attached hydrogens (tertiary/aromatic N) is 3. The lowest BCUT2D eigenvalue weighted by atomic mass is 9.98. The molecule has 1 aliphatic heterocycles. The maximum Gasteiger partial charge on any atom is 0.262 e. The number of methoxy groups -OCH3 is 2. The Morgan fingerprint density at radius 1 is 1.27 bits per heavy atom. The van der Waals surface area contributed by atoms with E-state index in [2.05, 4.69) is 10.3 Å². The highest BCUT2D eigenvalue weighted by molar-refractivity contribution is 7.89. The summed E-state index contributed by atoms with van der Waals surface area (Å²) in [4.78, 5) is 17.0. The highest BCUT2D eigenvalue weighted by Gasteiger charge is 2.34. The molecular formula is C20H28N4O5S. The highest BCUT2D eigenvalue weighted by Crippen LogP contribution is 2.30. The fraction of sp³-hybridized carbons (Fsp3) is 0.500. The Morgan fingerprint density at radius 2 is 2.03 bits per heavy atom. The van der Waals surface area contributed by atoms with E-state index in [9.17, 15) is 13.2 Å². The molecule has 1 aromatic heterocycles. The number of carbonyl (C=O) groups excluding carboxylic acids is 1. The molecule has 9 nitrogen and oxygen atoms in total. The number of ether oxygens (including phenoxy) is 2. The summed E-state index contributed by atoms with van der Waals surface area (Å²) in [6, 6.07) is 5.22. The molecule has 3 rings (SSSR count). The molecule has 1 aromatic carbocycles. The normalized spacial score (nSPS) is 17.7. The zero-order valence-corrected chi connectivity index (χ0v) is 18.5. The first-order valence-electron chi connectivity index (χ1n) is 9.82. The van der Waals surface area contributed by atoms with Crippen molar-refractivity contribution in [1.29, 1.82) is 0 Å². The molecule has 2 aromatic rings. The van der Waals surface area contributed by atoms with Crippen LogP contribution in [0.2, 0.25) is 0 Å². The summed E-state index contributed by atoms with van der Waals surface area (Å²) in [6.45, 7) is 4.37. The number of imidazole rings is 1. The largest absolute Gasteiger partial charge is 0.497 e. The number of benzene rings is 1. The molecule has 0 saturated carbocycles. The smallest absolute Gasteiger partial charge is 0.262 e. The third-order valence-corrected chi connectivity index (χ3v) is 6.95. The molecule has 0 radical (unpaired) electrons. The van der Waals surface area contributed by atoms with E-state index in [4.69, 9.17) is 9.47 Å². The fourth-order valence-corrected chi connectivity index (χ4v) is 4.83. The highest BCUT2D eigenvalue weighted by atomic mass is 32.2. The van der Waals surface area contributed by atoms with Crippen molar-refractivity contribution in [3.8, 4) is 11.5 Å². The van der Waals surface area contributed by atoms with Gasteiger partial charge in [0, 0.05) is 31.4 Å². The van der Waals surface area contributed by atoms with Crippen molar-refractivity contribution in [3.05, 3.63) is 30.7 Å². The molecule has 1 unspecified atom stereocenters. The summed E-state index contributed by atoms with van der Waals surface area (Å²) < 4.78 is 39.6. The van der Waals surface area contributed by atoms with Crippen molar-refractivity contribution in [3.63, 3.8) is 0 Å². The number of piperidine rings is 1. The Kier molecular flexibility index (Phi) is 6.67. The quantitative estimate of drug-likeness (QED) is 0.715. The van der Waals surface area contributed by atoms with Gasteiger partial charge in [-0.1, -0.05) is 0 Å². The Hall–Kier alpha value is -2.59. The number of nitrogens with one attached hydrogen (secondary N) is 1. The standard InChI is InChI=1S/C20H28N4O5S/c1-14(2)23-12-19(21-13-23)30(26,27)24-9-5-6-15(11-24)20(25)22-17-10-16(28-3)7-8-18(17)29-4/h7-8,10,12-15H,5-6,9,11H2,1-4H3,(H,22,25). The van der Waals surface area contributed by atoms with Crippen LogP contribution in [0.4, 0.5) is 5.69 Å². The second kappa shape index (κ2) is 9.05. The van der Waals surface area contributed by atoms with E-state index in [1.807, 2.05) is 13.8 Å². The molecule has 1 N–H and O–H groups in total. The van der Waals surface area contributed by atoms with Crippen LogP contribution >= 0.6 is 0 Å². The van der Waals surface area contributed by atoms with Crippen LogP contribution in [0.3, 0.4) is 0 Å². The van der Waals surface area contributed by atoms with E-state index in [0.717, 1.165) is 0 Å². The van der Waals surface area contributed by atoms with Gasteiger partial charge in [0.1, 0.15) is 11.5 Å². The first kappa shape index (κ1) is 22.1. The summed E-state index contributed by atoms with van der Waals surface area (Å²) in [5, 5.41) is 2.86. The summed E-state index contributed by atoms with van der Waals surface area (Å²) in [5.74, 6) is 0.356. The van der Waals surface area contributed by atoms with Crippen LogP contribution in [0.15, 0.2) is 35.7 Å². The van der Waals surface area contributed by atoms with Crippen LogP contribution in [-0.2, 0) is 14.8 Å². The minimum Gasteiger partial charge on any atom is -0.497 e. The minimum absolute atomic E-state index is 0.00623. The van der Waals surface area contributed by atoms with Crippen LogP contribution < -0.4 is 14.8 Å². The van der Waals surface area contributed by atoms with Gasteiger partial charge in [-0.15, -0.1) is 0 Å². The van der Waals surface area contributed by atoms with Crippen LogP contribution in [0.1, 0.15) is 32.7 Å². The molecule has 30 heavy (non-hydrogen) atoms. The van der Waals surface area contributed by atoms with Crippen LogP contribution in [0.5, 0.6) is 11.5 Å². The van der Waals surface area contributed by atoms with Crippen molar-refractivity contribution in [2.75, 3.05) is 32.6 Å². The van der Waals surface area contributed by atoms with Gasteiger partial charge >= 0.3 is 0 Å². The van der Waals surface area contributed by atoms with E-state index >= 15 is 0 Å². The van der Waals surface area contributed by atoms with E-state index < -0.39 is 15.9 Å². The summed E-state index contributed by atoms with van der Waals surface area (Å²) in [5.41, 5.74) is 0.484. The first-order chi connectivity index (χ1) is 14.3. The number of sulfonamides is 1. The molecule has 0 aliphatic carbocycles. The van der Waals surface area contributed by atoms with Gasteiger partial charge in [-0.05, 0) is 38.8 Å². The molecule has 0 bridgehead atoms. The van der Waals surface area contributed by atoms with Gasteiger partial charge in [0.2, 0.25) is 5.91 Å². The zero-order valence-electron chi connectivity index (χ0n) is 17.7. The third kappa shape index (κ3) is 4.59. The number of anilines is 1. The Labute approximate surface area is 177 Å². The van der Waals surface area contributed by atoms with Gasteiger partial charge < -0.3 is 19.4 Å². The molecule has 1 saturated heterocycles. The number of hydrogen-bond acceptors (Lipinski definition) is 6. The lowest BCUT2D eigenvalue weighted by Crippen LogP contribution is -2.43. The first-order valence-corrected chi connectivity index (χ1v) is 11.3. The predicted molar refractivity (Wildman–Crippen MR) is 112 cm³/mol. The second-order valence-corrected chi connectivity index (χ2v) is 9.40. The van der Waals surface area contributed by atoms with E-state index in [-0.39, 0.29) is 23.5 Å². The summed E-state index contributed by atoms with van der Waals surface area (Å²) in [6.07, 6.45) is 4.24. The number of carbonyl (C=O) groups is 1. The molecule has 10 heteroatoms. The van der Waals surface area contributed by atoms with Gasteiger partial charge in [0.25, 0.3) is 10.0 Å². The average molecular weight is 437 g/mol. The number of rotatable bonds is 7. The maximum absolute atomic E-state index is 13.0. The number of aromatic nitrogens is 2. The Bertz CT molecular complexity index is 1000. The van der Waals surface area contributed by atoms with Crippen molar-refractivity contribution in [2.24, 2.45) is 5.92 Å². The second-order valence-electron chi connectivity index (χ2n) is 7.51. The van der Waals surface area contributed by atoms with Crippen LogP contribution in [-0.4, -0.2) is 55.5 Å². The SMILES string of the molecule is COc1ccc(OC)c(NC(=O)C2CCCN(S(=O)(=O)c3cn(C(C)C)cn3)C2)c1. The lowest BCUT2D eigenvalue weighted by Gasteiger charge is -2.30. The van der Waals surface area contributed by atoms with Gasteiger partial charge in [0.15, 0.2) is 5.03 Å². The van der Waals surface area contributed by atoms with Crippen molar-refractivity contribution in [1.82, 2.24) is 13.9 Å². The van der Waals surface area contributed by atoms with Gasteiger partial charge in [-0.2, -0.15) is 4.31 Å². The molecule has 1 atom stereocenters. The van der Waals surface area contributed by atoms with E-state index in [0.29, 0.717) is 36.6 Å². The van der Waals surface area contributed by atoms with Gasteiger partial charge in [-0.3, -0.25) is 4.79 Å². The molecule has 164 valence electrons. The maximum atomic E-state index is 13.0. The molecule has 1 amide bonds. The number of amides is 1. The van der Waals surface area contributed by atoms with Crippen molar-refractivity contribution in [2.45, 2.75) is 37.8 Å². The average Bonchev–Trinajstić information content (AvgIpc) is 3.25. The molecule has 1 aliphatic rings. The van der Waals surface area contributed by atoms with E-state index in [1.54, 1.807) is 22.8 Å². The topological polar surface area (TPSA) is 103 Å². The molecule has 1 fully saturated rings. The Balaban J connectivity index is 1.75. The van der Waals surface area contributed by atoms with Gasteiger partial charge in [-0.25, -0.2) is 13.4 Å². The monoisotopic (exact) mass is 436 g/mol. The number of hydrogen-bond donors (Lipinski definition) is 1. The van der Waals surface area contributed by atoms with Gasteiger partial charge in [0.05, 0.1) is 32.2 Å². The van der Waals surface area contributed by atoms with Crippen LogP contribution in [0, 0.1) is 5.92 Å². The van der Waals surface area contributed by atoms with Crippen molar-refractivity contribution < 1.29 is 22.7 Å². The molecular weight excluding hydrogens is 408 g/mol. The third-order valence-electron chi connectivity index (χ3n) is 5.20. The van der Waals surface area contributed by atoms with E-state index in [1.165, 1.54) is 31.0 Å². The summed E-state index contributed by atoms with van der Waals surface area (Å²) >= 11 is 0. The molecule has 2 heterocycles. The summed E-state index contributed by atoms with van der Waals surface area (Å²) in [7, 11) is -0.705. The minimum atomic E-state index is -3.76. The Morgan fingerprint density at radius 3 is 2.67 bits per heavy atom. The fourth-order valence-electron chi connectivity index (χ4n) is 3.39. The zero-order chi connectivity index (χ0) is 21.9. The van der Waals surface area contributed by atoms with Crippen LogP contribution in [0.25, 0.3) is 0 Å². The molecule has 0 spiro atoms.